The van der Waals surface area contributed by atoms with Crippen LogP contribution in [-0.2, 0) is 11.2 Å². The lowest BCUT2D eigenvalue weighted by molar-refractivity contribution is -0.115. The van der Waals surface area contributed by atoms with E-state index in [4.69, 9.17) is 10.00 Å². The highest BCUT2D eigenvalue weighted by Gasteiger charge is 2.11. The van der Waals surface area contributed by atoms with Crippen LogP contribution in [0.2, 0.25) is 0 Å². The van der Waals surface area contributed by atoms with Gasteiger partial charge in [-0.3, -0.25) is 9.78 Å². The second-order valence-electron chi connectivity index (χ2n) is 6.83. The Morgan fingerprint density at radius 1 is 1.16 bits per heavy atom. The number of hydrogen-bond donors (Lipinski definition) is 1. The number of pyridine rings is 1. The van der Waals surface area contributed by atoms with Crippen molar-refractivity contribution in [3.05, 3.63) is 89.2 Å². The summed E-state index contributed by atoms with van der Waals surface area (Å²) in [6.07, 6.45) is 3.67. The average Bonchev–Trinajstić information content (AvgIpc) is 3.25. The number of amides is 1. The SMILES string of the molecule is Cc1cc(Oc2ccc(C#N)cc2)ccc1NC(=O)Cc1csc(-c2cccnc2)n1. The zero-order chi connectivity index (χ0) is 21.6. The number of nitriles is 1. The van der Waals surface area contributed by atoms with Crippen molar-refractivity contribution in [1.29, 1.82) is 5.26 Å². The molecule has 0 aliphatic carbocycles. The summed E-state index contributed by atoms with van der Waals surface area (Å²) < 4.78 is 5.82. The van der Waals surface area contributed by atoms with Gasteiger partial charge in [0.25, 0.3) is 0 Å². The summed E-state index contributed by atoms with van der Waals surface area (Å²) >= 11 is 1.49. The quantitative estimate of drug-likeness (QED) is 0.448. The van der Waals surface area contributed by atoms with E-state index in [9.17, 15) is 4.79 Å². The Bertz CT molecular complexity index is 1240. The van der Waals surface area contributed by atoms with Crippen molar-refractivity contribution in [1.82, 2.24) is 9.97 Å². The standard InChI is InChI=1S/C24H18N4O2S/c1-16-11-21(30-20-6-4-17(13-25)5-7-20)8-9-22(16)28-23(29)12-19-15-31-24(27-19)18-3-2-10-26-14-18/h2-11,14-15H,12H2,1H3,(H,28,29). The predicted molar refractivity (Wildman–Crippen MR) is 120 cm³/mol. The van der Waals surface area contributed by atoms with Crippen molar-refractivity contribution in [2.75, 3.05) is 5.32 Å². The minimum Gasteiger partial charge on any atom is -0.457 e. The zero-order valence-corrected chi connectivity index (χ0v) is 17.5. The van der Waals surface area contributed by atoms with E-state index in [1.165, 1.54) is 11.3 Å². The molecule has 0 aliphatic heterocycles. The minimum absolute atomic E-state index is 0.133. The summed E-state index contributed by atoms with van der Waals surface area (Å²) in [6, 6.07) is 18.3. The van der Waals surface area contributed by atoms with Gasteiger partial charge in [0.15, 0.2) is 0 Å². The lowest BCUT2D eigenvalue weighted by atomic mass is 10.2. The van der Waals surface area contributed by atoms with Crippen LogP contribution in [0.3, 0.4) is 0 Å². The molecular formula is C24H18N4O2S. The molecule has 0 fully saturated rings. The van der Waals surface area contributed by atoms with Gasteiger partial charge in [0.05, 0.1) is 23.7 Å². The van der Waals surface area contributed by atoms with E-state index < -0.39 is 0 Å². The molecule has 2 aromatic carbocycles. The Labute approximate surface area is 183 Å². The molecule has 0 aliphatic rings. The first-order valence-electron chi connectivity index (χ1n) is 9.54. The van der Waals surface area contributed by atoms with Crippen LogP contribution in [-0.4, -0.2) is 15.9 Å². The van der Waals surface area contributed by atoms with Crippen LogP contribution in [0.15, 0.2) is 72.4 Å². The summed E-state index contributed by atoms with van der Waals surface area (Å²) in [5.41, 5.74) is 3.84. The maximum Gasteiger partial charge on any atom is 0.230 e. The summed E-state index contributed by atoms with van der Waals surface area (Å²) in [5, 5.41) is 14.5. The largest absolute Gasteiger partial charge is 0.457 e. The van der Waals surface area contributed by atoms with E-state index in [-0.39, 0.29) is 12.3 Å². The molecule has 0 atom stereocenters. The Kier molecular flexibility index (Phi) is 6.01. The molecule has 1 amide bonds. The maximum absolute atomic E-state index is 12.5. The first-order valence-corrected chi connectivity index (χ1v) is 10.4. The Balaban J connectivity index is 1.38. The number of benzene rings is 2. The van der Waals surface area contributed by atoms with Crippen LogP contribution in [0.4, 0.5) is 5.69 Å². The fourth-order valence-corrected chi connectivity index (χ4v) is 3.75. The molecule has 1 N–H and O–H groups in total. The molecule has 152 valence electrons. The van der Waals surface area contributed by atoms with E-state index in [0.29, 0.717) is 17.1 Å². The number of carbonyl (C=O) groups is 1. The van der Waals surface area contributed by atoms with Gasteiger partial charge in [-0.2, -0.15) is 5.26 Å². The second-order valence-corrected chi connectivity index (χ2v) is 7.68. The zero-order valence-electron chi connectivity index (χ0n) is 16.7. The highest BCUT2D eigenvalue weighted by Crippen LogP contribution is 2.27. The molecule has 0 spiro atoms. The molecule has 2 heterocycles. The van der Waals surface area contributed by atoms with Crippen molar-refractivity contribution < 1.29 is 9.53 Å². The van der Waals surface area contributed by atoms with Crippen molar-refractivity contribution in [2.45, 2.75) is 13.3 Å². The van der Waals surface area contributed by atoms with Gasteiger partial charge in [-0.1, -0.05) is 0 Å². The molecule has 0 unspecified atom stereocenters. The second kappa shape index (κ2) is 9.20. The number of anilines is 1. The lowest BCUT2D eigenvalue weighted by Gasteiger charge is -2.11. The normalized spacial score (nSPS) is 10.3. The molecule has 6 nitrogen and oxygen atoms in total. The van der Waals surface area contributed by atoms with Gasteiger partial charge >= 0.3 is 0 Å². The Hall–Kier alpha value is -4.02. The number of aromatic nitrogens is 2. The molecule has 0 bridgehead atoms. The fourth-order valence-electron chi connectivity index (χ4n) is 2.94. The molecular weight excluding hydrogens is 408 g/mol. The number of aryl methyl sites for hydroxylation is 1. The molecule has 4 rings (SSSR count). The van der Waals surface area contributed by atoms with Crippen LogP contribution in [0.5, 0.6) is 11.5 Å². The average molecular weight is 427 g/mol. The highest BCUT2D eigenvalue weighted by atomic mass is 32.1. The van der Waals surface area contributed by atoms with Crippen molar-refractivity contribution in [2.24, 2.45) is 0 Å². The molecule has 31 heavy (non-hydrogen) atoms. The van der Waals surface area contributed by atoms with Crippen LogP contribution in [0.25, 0.3) is 10.6 Å². The van der Waals surface area contributed by atoms with Gasteiger partial charge in [0.2, 0.25) is 5.91 Å². The van der Waals surface area contributed by atoms with Gasteiger partial charge in [-0.25, -0.2) is 4.98 Å². The number of thiazole rings is 1. The number of hydrogen-bond acceptors (Lipinski definition) is 6. The molecule has 0 radical (unpaired) electrons. The van der Waals surface area contributed by atoms with Crippen LogP contribution in [0, 0.1) is 18.3 Å². The number of nitrogens with zero attached hydrogens (tertiary/aromatic N) is 3. The van der Waals surface area contributed by atoms with E-state index in [2.05, 4.69) is 21.4 Å². The van der Waals surface area contributed by atoms with Gasteiger partial charge in [-0.15, -0.1) is 11.3 Å². The van der Waals surface area contributed by atoms with Crippen molar-refractivity contribution in [3.63, 3.8) is 0 Å². The molecule has 0 saturated heterocycles. The van der Waals surface area contributed by atoms with Crippen LogP contribution in [0.1, 0.15) is 16.8 Å². The summed E-state index contributed by atoms with van der Waals surface area (Å²) in [6.45, 7) is 1.91. The first kappa shape index (κ1) is 20.3. The summed E-state index contributed by atoms with van der Waals surface area (Å²) in [4.78, 5) is 21.1. The highest BCUT2D eigenvalue weighted by molar-refractivity contribution is 7.13. The minimum atomic E-state index is -0.133. The maximum atomic E-state index is 12.5. The number of rotatable bonds is 6. The van der Waals surface area contributed by atoms with Crippen molar-refractivity contribution in [3.8, 4) is 28.1 Å². The predicted octanol–water partition coefficient (Wildman–Crippen LogP) is 5.36. The smallest absolute Gasteiger partial charge is 0.230 e. The van der Waals surface area contributed by atoms with Gasteiger partial charge in [0, 0.05) is 29.0 Å². The Morgan fingerprint density at radius 3 is 2.68 bits per heavy atom. The monoisotopic (exact) mass is 426 g/mol. The molecule has 2 aromatic heterocycles. The third-order valence-electron chi connectivity index (χ3n) is 4.49. The van der Waals surface area contributed by atoms with E-state index in [1.54, 1.807) is 42.7 Å². The van der Waals surface area contributed by atoms with Gasteiger partial charge in [-0.05, 0) is 67.1 Å². The van der Waals surface area contributed by atoms with E-state index in [1.807, 2.05) is 36.6 Å². The number of nitrogens with one attached hydrogen (secondary N) is 1. The van der Waals surface area contributed by atoms with Gasteiger partial charge in [0.1, 0.15) is 16.5 Å². The van der Waals surface area contributed by atoms with E-state index >= 15 is 0 Å². The number of carbonyl (C=O) groups excluding carboxylic acids is 1. The van der Waals surface area contributed by atoms with Crippen molar-refractivity contribution >= 4 is 22.9 Å². The topological polar surface area (TPSA) is 87.9 Å². The first-order chi connectivity index (χ1) is 15.1. The molecule has 0 saturated carbocycles. The van der Waals surface area contributed by atoms with Crippen LogP contribution < -0.4 is 10.1 Å². The third-order valence-corrected chi connectivity index (χ3v) is 5.43. The number of ether oxygens (including phenoxy) is 1. The molecule has 4 aromatic rings. The van der Waals surface area contributed by atoms with Gasteiger partial charge < -0.3 is 10.1 Å². The van der Waals surface area contributed by atoms with E-state index in [0.717, 1.165) is 27.5 Å². The van der Waals surface area contributed by atoms with Crippen LogP contribution >= 0.6 is 11.3 Å². The lowest BCUT2D eigenvalue weighted by Crippen LogP contribution is -2.15. The fraction of sp³-hybridized carbons (Fsp3) is 0.0833. The molecule has 7 heteroatoms. The summed E-state index contributed by atoms with van der Waals surface area (Å²) in [7, 11) is 0. The summed E-state index contributed by atoms with van der Waals surface area (Å²) in [5.74, 6) is 1.16. The Morgan fingerprint density at radius 2 is 1.97 bits per heavy atom. The third kappa shape index (κ3) is 5.13.